The second-order valence-corrected chi connectivity index (χ2v) is 16.5. The molecule has 0 fully saturated rings. The molecule has 1 aromatic heterocycles. The molecule has 0 aliphatic heterocycles. The highest BCUT2D eigenvalue weighted by atomic mass is 14.9. The van der Waals surface area contributed by atoms with E-state index in [0.29, 0.717) is 5.82 Å². The van der Waals surface area contributed by atoms with E-state index in [-0.39, 0.29) is 0 Å². The van der Waals surface area contributed by atoms with Crippen LogP contribution in [0.25, 0.3) is 122 Å². The Bertz CT molecular complexity index is 3300. The van der Waals surface area contributed by atoms with Gasteiger partial charge in [-0.05, 0) is 130 Å². The Morgan fingerprint density at radius 2 is 0.484 bits per heavy atom. The standard InChI is InChI=1S/C62H40N2/c1-2-20-45(21-3-1)62-63-60(50-36-46(56-30-12-22-41-16-4-8-26-52(41)56)34-47(37-50)57-31-13-23-42-17-5-9-27-53(42)57)40-61(64-62)51-38-48(58-32-14-24-43-18-6-10-28-54(43)58)35-49(39-51)59-33-15-25-44-19-7-11-29-55(44)59/h1-40H. The molecular weight excluding hydrogens is 773 g/mol. The molecule has 0 N–H and O–H groups in total. The molecule has 64 heavy (non-hydrogen) atoms. The average Bonchev–Trinajstić information content (AvgIpc) is 3.37. The molecule has 12 aromatic rings. The van der Waals surface area contributed by atoms with Crippen molar-refractivity contribution in [2.75, 3.05) is 0 Å². The minimum atomic E-state index is 0.678. The van der Waals surface area contributed by atoms with E-state index in [9.17, 15) is 0 Å². The molecule has 0 aliphatic rings. The zero-order valence-electron chi connectivity index (χ0n) is 35.0. The molecule has 11 aromatic carbocycles. The molecule has 2 nitrogen and oxygen atoms in total. The lowest BCUT2D eigenvalue weighted by molar-refractivity contribution is 1.18. The number of nitrogens with zero attached hydrogens (tertiary/aromatic N) is 2. The predicted molar refractivity (Wildman–Crippen MR) is 270 cm³/mol. The summed E-state index contributed by atoms with van der Waals surface area (Å²) in [4.78, 5) is 10.9. The Balaban J connectivity index is 1.13. The first-order chi connectivity index (χ1) is 31.7. The number of rotatable bonds is 7. The van der Waals surface area contributed by atoms with Crippen molar-refractivity contribution in [3.05, 3.63) is 243 Å². The van der Waals surface area contributed by atoms with Gasteiger partial charge in [0.25, 0.3) is 0 Å². The van der Waals surface area contributed by atoms with E-state index in [0.717, 1.165) is 50.3 Å². The maximum absolute atomic E-state index is 5.43. The number of hydrogen-bond donors (Lipinski definition) is 0. The van der Waals surface area contributed by atoms with Crippen LogP contribution in [-0.2, 0) is 0 Å². The van der Waals surface area contributed by atoms with Gasteiger partial charge in [-0.15, -0.1) is 0 Å². The van der Waals surface area contributed by atoms with Gasteiger partial charge in [0.1, 0.15) is 0 Å². The quantitative estimate of drug-likeness (QED) is 0.160. The zero-order valence-corrected chi connectivity index (χ0v) is 35.0. The Morgan fingerprint density at radius 3 is 0.828 bits per heavy atom. The van der Waals surface area contributed by atoms with Crippen LogP contribution in [0.4, 0.5) is 0 Å². The van der Waals surface area contributed by atoms with E-state index >= 15 is 0 Å². The van der Waals surface area contributed by atoms with Crippen molar-refractivity contribution in [3.8, 4) is 78.4 Å². The van der Waals surface area contributed by atoms with Crippen LogP contribution in [0.3, 0.4) is 0 Å². The second-order valence-electron chi connectivity index (χ2n) is 16.5. The summed E-state index contributed by atoms with van der Waals surface area (Å²) < 4.78 is 0. The van der Waals surface area contributed by atoms with Gasteiger partial charge in [0.15, 0.2) is 5.82 Å². The highest BCUT2D eigenvalue weighted by Crippen LogP contribution is 2.41. The number of benzene rings is 11. The fourth-order valence-electron chi connectivity index (χ4n) is 9.54. The number of aromatic nitrogens is 2. The normalized spacial score (nSPS) is 11.4. The van der Waals surface area contributed by atoms with Gasteiger partial charge in [0.05, 0.1) is 11.4 Å². The van der Waals surface area contributed by atoms with E-state index in [2.05, 4.69) is 237 Å². The van der Waals surface area contributed by atoms with Gasteiger partial charge in [-0.2, -0.15) is 0 Å². The van der Waals surface area contributed by atoms with E-state index in [1.165, 1.54) is 65.3 Å². The molecule has 2 heteroatoms. The molecule has 12 rings (SSSR count). The van der Waals surface area contributed by atoms with Crippen LogP contribution in [0.1, 0.15) is 0 Å². The summed E-state index contributed by atoms with van der Waals surface area (Å²) in [6.07, 6.45) is 0. The number of fused-ring (bicyclic) bond motifs is 4. The first-order valence-corrected chi connectivity index (χ1v) is 21.9. The third kappa shape index (κ3) is 6.79. The van der Waals surface area contributed by atoms with E-state index in [1.54, 1.807) is 0 Å². The molecule has 0 unspecified atom stereocenters. The van der Waals surface area contributed by atoms with Crippen molar-refractivity contribution < 1.29 is 0 Å². The van der Waals surface area contributed by atoms with Crippen LogP contribution in [0.2, 0.25) is 0 Å². The lowest BCUT2D eigenvalue weighted by Gasteiger charge is -2.16. The minimum absolute atomic E-state index is 0.678. The van der Waals surface area contributed by atoms with Crippen LogP contribution in [0, 0.1) is 0 Å². The molecule has 0 bridgehead atoms. The predicted octanol–water partition coefficient (Wildman–Crippen LogP) is 16.8. The van der Waals surface area contributed by atoms with Crippen LogP contribution in [0.5, 0.6) is 0 Å². The maximum atomic E-state index is 5.43. The Hall–Kier alpha value is -8.46. The van der Waals surface area contributed by atoms with Gasteiger partial charge in [-0.3, -0.25) is 0 Å². The van der Waals surface area contributed by atoms with Crippen molar-refractivity contribution in [1.29, 1.82) is 0 Å². The highest BCUT2D eigenvalue weighted by Gasteiger charge is 2.18. The third-order valence-electron chi connectivity index (χ3n) is 12.6. The summed E-state index contributed by atoms with van der Waals surface area (Å²) in [5, 5.41) is 9.69. The Labute approximate surface area is 372 Å². The van der Waals surface area contributed by atoms with Gasteiger partial charge in [0.2, 0.25) is 0 Å². The monoisotopic (exact) mass is 812 g/mol. The molecule has 0 spiro atoms. The molecule has 1 heterocycles. The fraction of sp³-hybridized carbons (Fsp3) is 0. The summed E-state index contributed by atoms with van der Waals surface area (Å²) in [6.45, 7) is 0. The van der Waals surface area contributed by atoms with Gasteiger partial charge >= 0.3 is 0 Å². The zero-order chi connectivity index (χ0) is 42.4. The van der Waals surface area contributed by atoms with Gasteiger partial charge < -0.3 is 0 Å². The molecule has 298 valence electrons. The van der Waals surface area contributed by atoms with Gasteiger partial charge in [-0.1, -0.05) is 200 Å². The Morgan fingerprint density at radius 1 is 0.203 bits per heavy atom. The van der Waals surface area contributed by atoms with Gasteiger partial charge in [-0.25, -0.2) is 9.97 Å². The second kappa shape index (κ2) is 15.8. The molecule has 0 aliphatic carbocycles. The van der Waals surface area contributed by atoms with Crippen molar-refractivity contribution in [2.45, 2.75) is 0 Å². The van der Waals surface area contributed by atoms with Crippen molar-refractivity contribution in [1.82, 2.24) is 9.97 Å². The summed E-state index contributed by atoms with van der Waals surface area (Å²) in [6, 6.07) is 87.5. The largest absolute Gasteiger partial charge is 0.228 e. The van der Waals surface area contributed by atoms with Crippen LogP contribution in [-0.4, -0.2) is 9.97 Å². The van der Waals surface area contributed by atoms with E-state index in [1.807, 2.05) is 6.07 Å². The lowest BCUT2D eigenvalue weighted by atomic mass is 9.89. The maximum Gasteiger partial charge on any atom is 0.160 e. The Kier molecular flexibility index (Phi) is 9.20. The molecular formula is C62H40N2. The summed E-state index contributed by atoms with van der Waals surface area (Å²) in [5.74, 6) is 0.678. The lowest BCUT2D eigenvalue weighted by Crippen LogP contribution is -1.97. The fourth-order valence-corrected chi connectivity index (χ4v) is 9.54. The SMILES string of the molecule is c1ccc(-c2nc(-c3cc(-c4cccc5ccccc45)cc(-c4cccc5ccccc45)c3)cc(-c3cc(-c4cccc5ccccc45)cc(-c4cccc5ccccc45)c3)n2)cc1. The van der Waals surface area contributed by atoms with E-state index < -0.39 is 0 Å². The van der Waals surface area contributed by atoms with Crippen molar-refractivity contribution >= 4 is 43.1 Å². The molecule has 0 saturated carbocycles. The van der Waals surface area contributed by atoms with Crippen LogP contribution < -0.4 is 0 Å². The number of hydrogen-bond acceptors (Lipinski definition) is 2. The first-order valence-electron chi connectivity index (χ1n) is 21.9. The highest BCUT2D eigenvalue weighted by molar-refractivity contribution is 6.03. The summed E-state index contributed by atoms with van der Waals surface area (Å²) in [5.41, 5.74) is 14.0. The minimum Gasteiger partial charge on any atom is -0.228 e. The average molecular weight is 813 g/mol. The smallest absolute Gasteiger partial charge is 0.160 e. The molecule has 0 saturated heterocycles. The summed E-state index contributed by atoms with van der Waals surface area (Å²) >= 11 is 0. The summed E-state index contributed by atoms with van der Waals surface area (Å²) in [7, 11) is 0. The third-order valence-corrected chi connectivity index (χ3v) is 12.6. The van der Waals surface area contributed by atoms with Gasteiger partial charge in [0, 0.05) is 16.7 Å². The van der Waals surface area contributed by atoms with Crippen molar-refractivity contribution in [2.24, 2.45) is 0 Å². The molecule has 0 atom stereocenters. The van der Waals surface area contributed by atoms with Crippen molar-refractivity contribution in [3.63, 3.8) is 0 Å². The van der Waals surface area contributed by atoms with E-state index in [4.69, 9.17) is 9.97 Å². The molecule has 0 radical (unpaired) electrons. The first kappa shape index (κ1) is 37.3. The van der Waals surface area contributed by atoms with Crippen LogP contribution in [0.15, 0.2) is 243 Å². The topological polar surface area (TPSA) is 25.8 Å². The molecule has 0 amide bonds. The van der Waals surface area contributed by atoms with Crippen LogP contribution >= 0.6 is 0 Å².